The van der Waals surface area contributed by atoms with Gasteiger partial charge in [-0.25, -0.2) is 0 Å². The Hall–Kier alpha value is -1.25. The Kier molecular flexibility index (Phi) is 2.99. The number of hydrogen-bond donors (Lipinski definition) is 0. The summed E-state index contributed by atoms with van der Waals surface area (Å²) in [6.07, 6.45) is 3.74. The summed E-state index contributed by atoms with van der Waals surface area (Å²) >= 11 is 0. The van der Waals surface area contributed by atoms with E-state index in [1.807, 2.05) is 17.8 Å². The van der Waals surface area contributed by atoms with E-state index in [1.54, 1.807) is 6.20 Å². The number of nitrogens with zero attached hydrogens (tertiary/aromatic N) is 2. The second-order valence-electron chi connectivity index (χ2n) is 4.20. The molecule has 1 aromatic rings. The van der Waals surface area contributed by atoms with Crippen molar-refractivity contribution < 1.29 is 4.74 Å². The lowest BCUT2D eigenvalue weighted by atomic mass is 10.1. The van der Waals surface area contributed by atoms with Gasteiger partial charge < -0.3 is 4.74 Å². The molecule has 3 nitrogen and oxygen atoms in total. The van der Waals surface area contributed by atoms with Gasteiger partial charge in [-0.3, -0.25) is 4.68 Å². The van der Waals surface area contributed by atoms with Crippen LogP contribution in [-0.4, -0.2) is 16.4 Å². The number of ether oxygens (including phenoxy) is 1. The Morgan fingerprint density at radius 1 is 1.57 bits per heavy atom. The molecule has 0 bridgehead atoms. The van der Waals surface area contributed by atoms with Crippen LogP contribution in [0, 0.1) is 0 Å². The molecule has 14 heavy (non-hydrogen) atoms. The average molecular weight is 194 g/mol. The summed E-state index contributed by atoms with van der Waals surface area (Å²) in [5.41, 5.74) is 0.951. The van der Waals surface area contributed by atoms with Crippen LogP contribution in [0.3, 0.4) is 0 Å². The topological polar surface area (TPSA) is 27.1 Å². The highest BCUT2D eigenvalue weighted by Gasteiger charge is 2.14. The fourth-order valence-corrected chi connectivity index (χ4v) is 1.09. The molecule has 1 aromatic heterocycles. The van der Waals surface area contributed by atoms with Crippen molar-refractivity contribution in [3.8, 4) is 0 Å². The van der Waals surface area contributed by atoms with E-state index in [9.17, 15) is 0 Å². The van der Waals surface area contributed by atoms with Crippen LogP contribution in [0.25, 0.3) is 5.76 Å². The monoisotopic (exact) mass is 194 g/mol. The average Bonchev–Trinajstić information content (AvgIpc) is 2.51. The molecule has 0 aromatic carbocycles. The minimum atomic E-state index is 0.00471. The molecule has 78 valence electrons. The zero-order chi connectivity index (χ0) is 10.8. The first-order chi connectivity index (χ1) is 6.45. The SMILES string of the molecule is C=C(OCC)c1cnn(C(C)(C)C)c1. The van der Waals surface area contributed by atoms with E-state index in [0.717, 1.165) is 5.56 Å². The molecule has 0 radical (unpaired) electrons. The highest BCUT2D eigenvalue weighted by Crippen LogP contribution is 2.17. The van der Waals surface area contributed by atoms with Crippen LogP contribution in [0.5, 0.6) is 0 Å². The van der Waals surface area contributed by atoms with Crippen molar-refractivity contribution in [3.63, 3.8) is 0 Å². The van der Waals surface area contributed by atoms with Crippen molar-refractivity contribution in [2.24, 2.45) is 0 Å². The van der Waals surface area contributed by atoms with E-state index in [-0.39, 0.29) is 5.54 Å². The maximum Gasteiger partial charge on any atom is 0.122 e. The standard InChI is InChI=1S/C11H18N2O/c1-6-14-9(2)10-7-12-13(8-10)11(3,4)5/h7-8H,2,6H2,1,3-5H3. The van der Waals surface area contributed by atoms with Crippen LogP contribution in [0.2, 0.25) is 0 Å². The third-order valence-corrected chi connectivity index (χ3v) is 1.91. The normalized spacial score (nSPS) is 11.4. The van der Waals surface area contributed by atoms with Crippen molar-refractivity contribution in [1.29, 1.82) is 0 Å². The van der Waals surface area contributed by atoms with Gasteiger partial charge in [-0.2, -0.15) is 5.10 Å². The summed E-state index contributed by atoms with van der Waals surface area (Å²) in [7, 11) is 0. The van der Waals surface area contributed by atoms with Gasteiger partial charge in [0, 0.05) is 6.20 Å². The van der Waals surface area contributed by atoms with Crippen LogP contribution in [0.4, 0.5) is 0 Å². The zero-order valence-electron chi connectivity index (χ0n) is 9.37. The molecule has 0 N–H and O–H groups in total. The molecule has 1 rings (SSSR count). The Balaban J connectivity index is 2.83. The molecule has 0 spiro atoms. The molecule has 1 heterocycles. The second kappa shape index (κ2) is 3.86. The van der Waals surface area contributed by atoms with Gasteiger partial charge in [0.05, 0.1) is 23.9 Å². The largest absolute Gasteiger partial charge is 0.494 e. The molecule has 0 aliphatic rings. The van der Waals surface area contributed by atoms with Gasteiger partial charge in [0.1, 0.15) is 5.76 Å². The molecular formula is C11H18N2O. The molecule has 0 unspecified atom stereocenters. The van der Waals surface area contributed by atoms with E-state index >= 15 is 0 Å². The smallest absolute Gasteiger partial charge is 0.122 e. The number of aromatic nitrogens is 2. The molecule has 0 amide bonds. The van der Waals surface area contributed by atoms with E-state index < -0.39 is 0 Å². The van der Waals surface area contributed by atoms with E-state index in [4.69, 9.17) is 4.74 Å². The van der Waals surface area contributed by atoms with E-state index in [0.29, 0.717) is 12.4 Å². The fourth-order valence-electron chi connectivity index (χ4n) is 1.09. The summed E-state index contributed by atoms with van der Waals surface area (Å²) in [5.74, 6) is 0.683. The summed E-state index contributed by atoms with van der Waals surface area (Å²) < 4.78 is 7.22. The minimum Gasteiger partial charge on any atom is -0.494 e. The van der Waals surface area contributed by atoms with Gasteiger partial charge in [-0.1, -0.05) is 6.58 Å². The van der Waals surface area contributed by atoms with Crippen molar-refractivity contribution in [2.45, 2.75) is 33.2 Å². The third kappa shape index (κ3) is 2.37. The Morgan fingerprint density at radius 3 is 2.64 bits per heavy atom. The van der Waals surface area contributed by atoms with Gasteiger partial charge in [-0.05, 0) is 27.7 Å². The van der Waals surface area contributed by atoms with Crippen molar-refractivity contribution in [3.05, 3.63) is 24.5 Å². The molecule has 0 saturated carbocycles. The Labute approximate surface area is 85.4 Å². The van der Waals surface area contributed by atoms with E-state index in [1.165, 1.54) is 0 Å². The maximum absolute atomic E-state index is 5.31. The predicted octanol–water partition coefficient (Wildman–Crippen LogP) is 2.65. The van der Waals surface area contributed by atoms with Crippen LogP contribution < -0.4 is 0 Å². The van der Waals surface area contributed by atoms with Gasteiger partial charge in [0.15, 0.2) is 0 Å². The van der Waals surface area contributed by atoms with Crippen LogP contribution in [0.1, 0.15) is 33.3 Å². The number of rotatable bonds is 3. The lowest BCUT2D eigenvalue weighted by Gasteiger charge is -2.18. The lowest BCUT2D eigenvalue weighted by Crippen LogP contribution is -2.21. The predicted molar refractivity (Wildman–Crippen MR) is 57.9 cm³/mol. The molecule has 0 fully saturated rings. The quantitative estimate of drug-likeness (QED) is 0.692. The first kappa shape index (κ1) is 10.8. The van der Waals surface area contributed by atoms with E-state index in [2.05, 4.69) is 32.4 Å². The summed E-state index contributed by atoms with van der Waals surface area (Å²) in [4.78, 5) is 0. The highest BCUT2D eigenvalue weighted by molar-refractivity contribution is 5.55. The highest BCUT2D eigenvalue weighted by atomic mass is 16.5. The summed E-state index contributed by atoms with van der Waals surface area (Å²) in [6.45, 7) is 12.7. The van der Waals surface area contributed by atoms with Gasteiger partial charge >= 0.3 is 0 Å². The molecule has 0 saturated heterocycles. The van der Waals surface area contributed by atoms with Crippen molar-refractivity contribution in [2.75, 3.05) is 6.61 Å². The van der Waals surface area contributed by atoms with Gasteiger partial charge in [0.2, 0.25) is 0 Å². The van der Waals surface area contributed by atoms with Crippen molar-refractivity contribution >= 4 is 5.76 Å². The van der Waals surface area contributed by atoms with Crippen LogP contribution >= 0.6 is 0 Å². The summed E-state index contributed by atoms with van der Waals surface area (Å²) in [5, 5.41) is 4.27. The first-order valence-electron chi connectivity index (χ1n) is 4.82. The van der Waals surface area contributed by atoms with Crippen LogP contribution in [-0.2, 0) is 10.3 Å². The minimum absolute atomic E-state index is 0.00471. The molecule has 3 heteroatoms. The molecule has 0 aliphatic heterocycles. The fraction of sp³-hybridized carbons (Fsp3) is 0.545. The molecular weight excluding hydrogens is 176 g/mol. The Morgan fingerprint density at radius 2 is 2.21 bits per heavy atom. The zero-order valence-corrected chi connectivity index (χ0v) is 9.37. The number of hydrogen-bond acceptors (Lipinski definition) is 2. The van der Waals surface area contributed by atoms with Crippen LogP contribution in [0.15, 0.2) is 19.0 Å². The molecule has 0 aliphatic carbocycles. The van der Waals surface area contributed by atoms with Crippen molar-refractivity contribution in [1.82, 2.24) is 9.78 Å². The second-order valence-corrected chi connectivity index (χ2v) is 4.20. The molecule has 0 atom stereocenters. The summed E-state index contributed by atoms with van der Waals surface area (Å²) in [6, 6.07) is 0. The maximum atomic E-state index is 5.31. The lowest BCUT2D eigenvalue weighted by molar-refractivity contribution is 0.299. The van der Waals surface area contributed by atoms with Gasteiger partial charge in [0.25, 0.3) is 0 Å². The first-order valence-corrected chi connectivity index (χ1v) is 4.82. The van der Waals surface area contributed by atoms with Gasteiger partial charge in [-0.15, -0.1) is 0 Å². The Bertz CT molecular complexity index is 320. The third-order valence-electron chi connectivity index (χ3n) is 1.91.